The molecule has 0 amide bonds. The third-order valence-corrected chi connectivity index (χ3v) is 2.81. The Balaban J connectivity index is 2.34. The second-order valence-corrected chi connectivity index (χ2v) is 4.24. The number of anilines is 3. The first-order valence-corrected chi connectivity index (χ1v) is 6.21. The summed E-state index contributed by atoms with van der Waals surface area (Å²) in [7, 11) is 1.80. The lowest BCUT2D eigenvalue weighted by Crippen LogP contribution is -2.04. The van der Waals surface area contributed by atoms with Crippen molar-refractivity contribution in [3.05, 3.63) is 41.5 Å². The fraction of sp³-hybridized carbons (Fsp3) is 0.286. The Morgan fingerprint density at radius 3 is 2.58 bits per heavy atom. The van der Waals surface area contributed by atoms with Crippen LogP contribution in [0.3, 0.4) is 0 Å². The molecule has 0 fully saturated rings. The average Bonchev–Trinajstić information content (AvgIpc) is 2.42. The van der Waals surface area contributed by atoms with Crippen molar-refractivity contribution >= 4 is 17.3 Å². The summed E-state index contributed by atoms with van der Waals surface area (Å²) < 4.78 is 13.3. The zero-order valence-corrected chi connectivity index (χ0v) is 11.3. The maximum atomic E-state index is 13.3. The van der Waals surface area contributed by atoms with E-state index < -0.39 is 0 Å². The summed E-state index contributed by atoms with van der Waals surface area (Å²) in [6, 6.07) is 6.43. The van der Waals surface area contributed by atoms with Gasteiger partial charge in [0.25, 0.3) is 0 Å². The standard InChI is InChI=1S/C14H17FN4/c1-4-12-18-13(16-3)8-14(19-12)17-11-7-10(15)6-5-9(11)2/h5-8H,4H2,1-3H3,(H2,16,17,18,19). The average molecular weight is 260 g/mol. The molecule has 0 saturated carbocycles. The number of benzene rings is 1. The third-order valence-electron chi connectivity index (χ3n) is 2.81. The number of rotatable bonds is 4. The molecule has 0 aliphatic heterocycles. The second kappa shape index (κ2) is 5.65. The van der Waals surface area contributed by atoms with Crippen molar-refractivity contribution in [3.63, 3.8) is 0 Å². The number of halogens is 1. The van der Waals surface area contributed by atoms with Crippen LogP contribution < -0.4 is 10.6 Å². The Bertz CT molecular complexity index is 561. The second-order valence-electron chi connectivity index (χ2n) is 4.24. The number of hydrogen-bond acceptors (Lipinski definition) is 4. The van der Waals surface area contributed by atoms with Crippen molar-refractivity contribution in [3.8, 4) is 0 Å². The van der Waals surface area contributed by atoms with Crippen LogP contribution in [0.15, 0.2) is 24.3 Å². The van der Waals surface area contributed by atoms with Crippen LogP contribution in [0.1, 0.15) is 18.3 Å². The molecule has 1 aromatic heterocycles. The Labute approximate surface area is 112 Å². The van der Waals surface area contributed by atoms with E-state index in [1.54, 1.807) is 19.2 Å². The highest BCUT2D eigenvalue weighted by atomic mass is 19.1. The molecule has 1 heterocycles. The zero-order chi connectivity index (χ0) is 13.8. The van der Waals surface area contributed by atoms with Crippen molar-refractivity contribution in [1.82, 2.24) is 9.97 Å². The van der Waals surface area contributed by atoms with Crippen molar-refractivity contribution in [1.29, 1.82) is 0 Å². The van der Waals surface area contributed by atoms with Gasteiger partial charge in [0.15, 0.2) is 0 Å². The van der Waals surface area contributed by atoms with Gasteiger partial charge in [-0.1, -0.05) is 13.0 Å². The van der Waals surface area contributed by atoms with Gasteiger partial charge in [0.05, 0.1) is 0 Å². The van der Waals surface area contributed by atoms with Gasteiger partial charge in [-0.15, -0.1) is 0 Å². The van der Waals surface area contributed by atoms with E-state index in [1.165, 1.54) is 12.1 Å². The summed E-state index contributed by atoms with van der Waals surface area (Å²) in [5.74, 6) is 1.86. The smallest absolute Gasteiger partial charge is 0.136 e. The highest BCUT2D eigenvalue weighted by Gasteiger charge is 2.05. The van der Waals surface area contributed by atoms with E-state index >= 15 is 0 Å². The molecule has 0 bridgehead atoms. The zero-order valence-electron chi connectivity index (χ0n) is 11.3. The topological polar surface area (TPSA) is 49.8 Å². The van der Waals surface area contributed by atoms with Crippen LogP contribution in [0.25, 0.3) is 0 Å². The number of nitrogens with zero attached hydrogens (tertiary/aromatic N) is 2. The lowest BCUT2D eigenvalue weighted by atomic mass is 10.2. The van der Waals surface area contributed by atoms with Crippen LogP contribution in [-0.4, -0.2) is 17.0 Å². The Morgan fingerprint density at radius 2 is 1.89 bits per heavy atom. The van der Waals surface area contributed by atoms with Crippen molar-refractivity contribution in [2.45, 2.75) is 20.3 Å². The fourth-order valence-electron chi connectivity index (χ4n) is 1.71. The Kier molecular flexibility index (Phi) is 3.94. The van der Waals surface area contributed by atoms with Gasteiger partial charge >= 0.3 is 0 Å². The highest BCUT2D eigenvalue weighted by Crippen LogP contribution is 2.21. The molecular formula is C14H17FN4. The molecule has 0 spiro atoms. The summed E-state index contributed by atoms with van der Waals surface area (Å²) in [6.07, 6.45) is 0.742. The van der Waals surface area contributed by atoms with Crippen LogP contribution in [0, 0.1) is 12.7 Å². The van der Waals surface area contributed by atoms with Gasteiger partial charge in [0.2, 0.25) is 0 Å². The van der Waals surface area contributed by atoms with Crippen LogP contribution in [0.4, 0.5) is 21.7 Å². The maximum Gasteiger partial charge on any atom is 0.136 e. The molecule has 1 aromatic carbocycles. The number of aryl methyl sites for hydroxylation is 2. The minimum atomic E-state index is -0.272. The van der Waals surface area contributed by atoms with E-state index in [0.717, 1.165) is 23.6 Å². The summed E-state index contributed by atoms with van der Waals surface area (Å²) >= 11 is 0. The first-order chi connectivity index (χ1) is 9.12. The molecule has 2 rings (SSSR count). The quantitative estimate of drug-likeness (QED) is 0.885. The van der Waals surface area contributed by atoms with Gasteiger partial charge in [0.1, 0.15) is 23.3 Å². The SMILES string of the molecule is CCc1nc(NC)cc(Nc2cc(F)ccc2C)n1. The normalized spacial score (nSPS) is 10.3. The van der Waals surface area contributed by atoms with Gasteiger partial charge in [-0.2, -0.15) is 0 Å². The number of hydrogen-bond donors (Lipinski definition) is 2. The molecule has 5 heteroatoms. The Morgan fingerprint density at radius 1 is 1.16 bits per heavy atom. The minimum absolute atomic E-state index is 0.272. The van der Waals surface area contributed by atoms with Crippen molar-refractivity contribution in [2.75, 3.05) is 17.7 Å². The van der Waals surface area contributed by atoms with Crippen molar-refractivity contribution < 1.29 is 4.39 Å². The monoisotopic (exact) mass is 260 g/mol. The van der Waals surface area contributed by atoms with Gasteiger partial charge in [-0.25, -0.2) is 14.4 Å². The van der Waals surface area contributed by atoms with E-state index in [1.807, 2.05) is 13.8 Å². The third kappa shape index (κ3) is 3.19. The summed E-state index contributed by atoms with van der Waals surface area (Å²) in [4.78, 5) is 8.70. The number of aromatic nitrogens is 2. The Hall–Kier alpha value is -2.17. The van der Waals surface area contributed by atoms with Gasteiger partial charge in [0, 0.05) is 25.2 Å². The van der Waals surface area contributed by atoms with Crippen LogP contribution in [-0.2, 0) is 6.42 Å². The van der Waals surface area contributed by atoms with Crippen LogP contribution in [0.5, 0.6) is 0 Å². The number of nitrogens with one attached hydrogen (secondary N) is 2. The molecule has 100 valence electrons. The van der Waals surface area contributed by atoms with E-state index in [2.05, 4.69) is 20.6 Å². The summed E-state index contributed by atoms with van der Waals surface area (Å²) in [6.45, 7) is 3.91. The van der Waals surface area contributed by atoms with Crippen molar-refractivity contribution in [2.24, 2.45) is 0 Å². The predicted molar refractivity (Wildman–Crippen MR) is 75.4 cm³/mol. The first kappa shape index (κ1) is 13.3. The molecule has 19 heavy (non-hydrogen) atoms. The summed E-state index contributed by atoms with van der Waals surface area (Å²) in [5.41, 5.74) is 1.67. The van der Waals surface area contributed by atoms with Crippen LogP contribution in [0.2, 0.25) is 0 Å². The molecule has 0 aliphatic carbocycles. The van der Waals surface area contributed by atoms with E-state index in [0.29, 0.717) is 11.5 Å². The molecule has 2 aromatic rings. The molecule has 4 nitrogen and oxygen atoms in total. The van der Waals surface area contributed by atoms with Gasteiger partial charge in [-0.3, -0.25) is 0 Å². The van der Waals surface area contributed by atoms with E-state index in [4.69, 9.17) is 0 Å². The molecule has 0 unspecified atom stereocenters. The molecular weight excluding hydrogens is 243 g/mol. The lowest BCUT2D eigenvalue weighted by Gasteiger charge is -2.11. The molecule has 0 atom stereocenters. The van der Waals surface area contributed by atoms with E-state index in [-0.39, 0.29) is 5.82 Å². The molecule has 0 aliphatic rings. The molecule has 0 saturated heterocycles. The maximum absolute atomic E-state index is 13.3. The molecule has 2 N–H and O–H groups in total. The first-order valence-electron chi connectivity index (χ1n) is 6.21. The largest absolute Gasteiger partial charge is 0.373 e. The minimum Gasteiger partial charge on any atom is -0.373 e. The van der Waals surface area contributed by atoms with Gasteiger partial charge < -0.3 is 10.6 Å². The van der Waals surface area contributed by atoms with Crippen LogP contribution >= 0.6 is 0 Å². The molecule has 0 radical (unpaired) electrons. The highest BCUT2D eigenvalue weighted by molar-refractivity contribution is 5.62. The van der Waals surface area contributed by atoms with E-state index in [9.17, 15) is 4.39 Å². The fourth-order valence-corrected chi connectivity index (χ4v) is 1.71. The predicted octanol–water partition coefficient (Wildman–Crippen LogP) is 3.27. The lowest BCUT2D eigenvalue weighted by molar-refractivity contribution is 0.628. The van der Waals surface area contributed by atoms with Gasteiger partial charge in [-0.05, 0) is 24.6 Å². The summed E-state index contributed by atoms with van der Waals surface area (Å²) in [5, 5.41) is 6.12.